The molecule has 2 aromatic carbocycles. The maximum atomic E-state index is 13.4. The fourth-order valence-electron chi connectivity index (χ4n) is 4.09. The molecule has 2 aliphatic rings. The first kappa shape index (κ1) is 20.5. The van der Waals surface area contributed by atoms with Crippen molar-refractivity contribution in [2.24, 2.45) is 5.92 Å². The average Bonchev–Trinajstić information content (AvgIpc) is 3.17. The van der Waals surface area contributed by atoms with E-state index in [2.05, 4.69) is 4.90 Å². The highest BCUT2D eigenvalue weighted by molar-refractivity contribution is 6.31. The highest BCUT2D eigenvalue weighted by atomic mass is 35.5. The van der Waals surface area contributed by atoms with Crippen molar-refractivity contribution in [1.82, 2.24) is 4.90 Å². The summed E-state index contributed by atoms with van der Waals surface area (Å²) in [6, 6.07) is 12.0. The van der Waals surface area contributed by atoms with Gasteiger partial charge in [0.1, 0.15) is 11.6 Å². The molecule has 0 N–H and O–H groups in total. The first-order valence-corrected chi connectivity index (χ1v) is 10.3. The van der Waals surface area contributed by atoms with Crippen molar-refractivity contribution >= 4 is 34.8 Å². The number of carbonyl (C=O) groups is 2. The molecule has 0 saturated carbocycles. The van der Waals surface area contributed by atoms with Gasteiger partial charge in [-0.05, 0) is 30.3 Å². The summed E-state index contributed by atoms with van der Waals surface area (Å²) >= 11 is 5.84. The second-order valence-corrected chi connectivity index (χ2v) is 7.90. The molecule has 158 valence electrons. The van der Waals surface area contributed by atoms with Gasteiger partial charge in [-0.1, -0.05) is 23.7 Å². The number of methoxy groups -OCH3 is 1. The van der Waals surface area contributed by atoms with Crippen LogP contribution in [0.25, 0.3) is 0 Å². The van der Waals surface area contributed by atoms with Crippen LogP contribution in [0.2, 0.25) is 5.02 Å². The Bertz CT molecular complexity index is 962. The van der Waals surface area contributed by atoms with Crippen molar-refractivity contribution in [3.05, 3.63) is 53.3 Å². The standard InChI is InChI=1S/C22H23ClFN3O3/c1-30-20-5-3-2-4-19(20)25-8-10-26(11-9-25)22(29)15-12-21(28)27(14-15)16-6-7-18(24)17(23)13-16/h2-7,13,15H,8-12,14H2,1H3. The van der Waals surface area contributed by atoms with Gasteiger partial charge in [-0.25, -0.2) is 4.39 Å². The molecule has 2 aromatic rings. The number of carbonyl (C=O) groups excluding carboxylic acids is 2. The number of rotatable bonds is 4. The van der Waals surface area contributed by atoms with Crippen molar-refractivity contribution in [2.75, 3.05) is 49.6 Å². The van der Waals surface area contributed by atoms with E-state index >= 15 is 0 Å². The minimum atomic E-state index is -0.535. The molecule has 30 heavy (non-hydrogen) atoms. The molecule has 2 fully saturated rings. The zero-order chi connectivity index (χ0) is 21.3. The molecule has 2 saturated heterocycles. The minimum Gasteiger partial charge on any atom is -0.495 e. The third-order valence-corrected chi connectivity index (χ3v) is 6.00. The normalized spacial score (nSPS) is 19.4. The summed E-state index contributed by atoms with van der Waals surface area (Å²) in [5.41, 5.74) is 1.53. The fraction of sp³-hybridized carbons (Fsp3) is 0.364. The molecule has 0 spiro atoms. The fourth-order valence-corrected chi connectivity index (χ4v) is 4.27. The van der Waals surface area contributed by atoms with Crippen molar-refractivity contribution < 1.29 is 18.7 Å². The second-order valence-electron chi connectivity index (χ2n) is 7.49. The van der Waals surface area contributed by atoms with Gasteiger partial charge in [0.2, 0.25) is 11.8 Å². The number of piperazine rings is 1. The highest BCUT2D eigenvalue weighted by Crippen LogP contribution is 2.31. The molecule has 2 heterocycles. The summed E-state index contributed by atoms with van der Waals surface area (Å²) in [7, 11) is 1.65. The number of hydrogen-bond acceptors (Lipinski definition) is 4. The lowest BCUT2D eigenvalue weighted by Crippen LogP contribution is -2.50. The van der Waals surface area contributed by atoms with Crippen LogP contribution in [0, 0.1) is 11.7 Å². The molecule has 0 aromatic heterocycles. The second kappa shape index (κ2) is 8.52. The van der Waals surface area contributed by atoms with E-state index in [4.69, 9.17) is 16.3 Å². The van der Waals surface area contributed by atoms with Crippen molar-refractivity contribution in [1.29, 1.82) is 0 Å². The van der Waals surface area contributed by atoms with E-state index in [9.17, 15) is 14.0 Å². The number of ether oxygens (including phenoxy) is 1. The van der Waals surface area contributed by atoms with Crippen LogP contribution in [-0.4, -0.2) is 56.5 Å². The van der Waals surface area contributed by atoms with Crippen LogP contribution >= 0.6 is 11.6 Å². The Labute approximate surface area is 179 Å². The van der Waals surface area contributed by atoms with Crippen LogP contribution in [0.4, 0.5) is 15.8 Å². The van der Waals surface area contributed by atoms with Gasteiger partial charge in [0, 0.05) is 44.8 Å². The molecular weight excluding hydrogens is 409 g/mol. The van der Waals surface area contributed by atoms with Gasteiger partial charge in [0.05, 0.1) is 23.7 Å². The van der Waals surface area contributed by atoms with Crippen molar-refractivity contribution in [2.45, 2.75) is 6.42 Å². The Morgan fingerprint density at radius 3 is 2.57 bits per heavy atom. The van der Waals surface area contributed by atoms with Crippen LogP contribution in [0.1, 0.15) is 6.42 Å². The smallest absolute Gasteiger partial charge is 0.228 e. The third-order valence-electron chi connectivity index (χ3n) is 5.71. The molecule has 4 rings (SSSR count). The predicted molar refractivity (Wildman–Crippen MR) is 114 cm³/mol. The first-order chi connectivity index (χ1) is 14.5. The number of halogens is 2. The van der Waals surface area contributed by atoms with Gasteiger partial charge in [0.25, 0.3) is 0 Å². The van der Waals surface area contributed by atoms with Gasteiger partial charge >= 0.3 is 0 Å². The van der Waals surface area contributed by atoms with Gasteiger partial charge in [-0.15, -0.1) is 0 Å². The summed E-state index contributed by atoms with van der Waals surface area (Å²) in [5.74, 6) is -0.290. The van der Waals surface area contributed by atoms with Gasteiger partial charge in [-0.2, -0.15) is 0 Å². The summed E-state index contributed by atoms with van der Waals surface area (Å²) in [6.07, 6.45) is 0.153. The van der Waals surface area contributed by atoms with E-state index in [0.717, 1.165) is 11.4 Å². The van der Waals surface area contributed by atoms with Crippen molar-refractivity contribution in [3.8, 4) is 5.75 Å². The molecule has 0 aliphatic carbocycles. The molecule has 0 radical (unpaired) electrons. The Morgan fingerprint density at radius 2 is 1.87 bits per heavy atom. The lowest BCUT2D eigenvalue weighted by molar-refractivity contribution is -0.136. The quantitative estimate of drug-likeness (QED) is 0.746. The summed E-state index contributed by atoms with van der Waals surface area (Å²) in [6.45, 7) is 2.86. The zero-order valence-electron chi connectivity index (χ0n) is 16.7. The van der Waals surface area contributed by atoms with Gasteiger partial charge in [0.15, 0.2) is 0 Å². The van der Waals surface area contributed by atoms with Crippen molar-refractivity contribution in [3.63, 3.8) is 0 Å². The molecule has 1 atom stereocenters. The lowest BCUT2D eigenvalue weighted by Gasteiger charge is -2.37. The Hall–Kier alpha value is -2.80. The van der Waals surface area contributed by atoms with Crippen LogP contribution in [-0.2, 0) is 9.59 Å². The topological polar surface area (TPSA) is 53.1 Å². The van der Waals surface area contributed by atoms with E-state index in [-0.39, 0.29) is 29.8 Å². The van der Waals surface area contributed by atoms with Crippen LogP contribution in [0.15, 0.2) is 42.5 Å². The Balaban J connectivity index is 1.39. The largest absolute Gasteiger partial charge is 0.495 e. The summed E-state index contributed by atoms with van der Waals surface area (Å²) < 4.78 is 18.9. The first-order valence-electron chi connectivity index (χ1n) is 9.90. The molecule has 1 unspecified atom stereocenters. The molecular formula is C22H23ClFN3O3. The molecule has 2 amide bonds. The van der Waals surface area contributed by atoms with Crippen LogP contribution < -0.4 is 14.5 Å². The van der Waals surface area contributed by atoms with Crippen LogP contribution in [0.3, 0.4) is 0 Å². The number of benzene rings is 2. The number of amides is 2. The number of hydrogen-bond donors (Lipinski definition) is 0. The van der Waals surface area contributed by atoms with Gasteiger partial charge in [-0.3, -0.25) is 9.59 Å². The summed E-state index contributed by atoms with van der Waals surface area (Å²) in [5, 5.41) is -0.0393. The maximum absolute atomic E-state index is 13.4. The highest BCUT2D eigenvalue weighted by Gasteiger charge is 2.38. The van der Waals surface area contributed by atoms with Crippen LogP contribution in [0.5, 0.6) is 5.75 Å². The zero-order valence-corrected chi connectivity index (χ0v) is 17.4. The maximum Gasteiger partial charge on any atom is 0.228 e. The van der Waals surface area contributed by atoms with E-state index in [0.29, 0.717) is 31.9 Å². The van der Waals surface area contributed by atoms with E-state index in [1.54, 1.807) is 7.11 Å². The monoisotopic (exact) mass is 431 g/mol. The lowest BCUT2D eigenvalue weighted by atomic mass is 10.1. The number of anilines is 2. The Kier molecular flexibility index (Phi) is 5.81. The van der Waals surface area contributed by atoms with E-state index in [1.165, 1.54) is 23.1 Å². The molecule has 2 aliphatic heterocycles. The molecule has 6 nitrogen and oxygen atoms in total. The number of nitrogens with zero attached hydrogens (tertiary/aromatic N) is 3. The molecule has 8 heteroatoms. The SMILES string of the molecule is COc1ccccc1N1CCN(C(=O)C2CC(=O)N(c3ccc(F)c(Cl)c3)C2)CC1. The average molecular weight is 432 g/mol. The summed E-state index contributed by atoms with van der Waals surface area (Å²) in [4.78, 5) is 31.0. The minimum absolute atomic E-state index is 0.0151. The number of para-hydroxylation sites is 2. The van der Waals surface area contributed by atoms with E-state index in [1.807, 2.05) is 29.2 Å². The third kappa shape index (κ3) is 3.94. The molecule has 0 bridgehead atoms. The van der Waals surface area contributed by atoms with E-state index < -0.39 is 11.7 Å². The predicted octanol–water partition coefficient (Wildman–Crippen LogP) is 3.19. The van der Waals surface area contributed by atoms with Gasteiger partial charge < -0.3 is 19.4 Å². The Morgan fingerprint density at radius 1 is 1.13 bits per heavy atom.